The molecule has 4 N–H and O–H groups in total. The van der Waals surface area contributed by atoms with E-state index in [9.17, 15) is 4.79 Å². The molecule has 1 aliphatic rings. The number of hydrogen-bond donors (Lipinski definition) is 3. The first kappa shape index (κ1) is 23.1. The number of nitrogens with zero attached hydrogens (tertiary/aromatic N) is 4. The Labute approximate surface area is 208 Å². The average molecular weight is 488 g/mol. The number of benzene rings is 2. The summed E-state index contributed by atoms with van der Waals surface area (Å²) in [4.78, 5) is 26.2. The van der Waals surface area contributed by atoms with E-state index in [4.69, 9.17) is 10.7 Å². The van der Waals surface area contributed by atoms with E-state index in [-0.39, 0.29) is 5.91 Å². The van der Waals surface area contributed by atoms with Crippen molar-refractivity contribution in [1.82, 2.24) is 20.2 Å². The molecule has 0 saturated carbocycles. The number of nitrogens with one attached hydrogen (secondary N) is 2. The highest BCUT2D eigenvalue weighted by Gasteiger charge is 2.17. The first-order valence-corrected chi connectivity index (χ1v) is 12.6. The van der Waals surface area contributed by atoms with E-state index in [2.05, 4.69) is 44.5 Å². The Bertz CT molecular complexity index is 1340. The van der Waals surface area contributed by atoms with Crippen molar-refractivity contribution >= 4 is 50.6 Å². The Kier molecular flexibility index (Phi) is 6.52. The third-order valence-corrected chi connectivity index (χ3v) is 7.40. The number of aromatic nitrogens is 2. The third kappa shape index (κ3) is 4.78. The van der Waals surface area contributed by atoms with E-state index in [1.165, 1.54) is 17.0 Å². The van der Waals surface area contributed by atoms with Gasteiger partial charge in [0.2, 0.25) is 5.95 Å². The number of fused-ring (bicyclic) bond motifs is 1. The summed E-state index contributed by atoms with van der Waals surface area (Å²) in [5, 5.41) is 7.98. The van der Waals surface area contributed by atoms with Crippen LogP contribution in [-0.4, -0.2) is 60.5 Å². The fourth-order valence-electron chi connectivity index (χ4n) is 4.38. The molecule has 0 atom stereocenters. The number of amides is 1. The van der Waals surface area contributed by atoms with Crippen molar-refractivity contribution in [1.29, 1.82) is 0 Å². The minimum Gasteiger partial charge on any atom is -0.382 e. The number of nitrogen functional groups attached to an aromatic ring is 1. The summed E-state index contributed by atoms with van der Waals surface area (Å²) in [5.74, 6) is 0.751. The SMILES string of the molecule is CCN1CCN(c2ccc(Nc3nc(N)c4scc(-c5cccc(C(=O)NC)c5)c4n3)cc2)CC1. The van der Waals surface area contributed by atoms with E-state index in [1.807, 2.05) is 35.7 Å². The number of carbonyl (C=O) groups is 1. The third-order valence-electron chi connectivity index (χ3n) is 6.41. The van der Waals surface area contributed by atoms with Crippen molar-refractivity contribution < 1.29 is 4.79 Å². The minimum absolute atomic E-state index is 0.126. The smallest absolute Gasteiger partial charge is 0.251 e. The van der Waals surface area contributed by atoms with Crippen LogP contribution >= 0.6 is 11.3 Å². The number of likely N-dealkylation sites (N-methyl/N-ethyl adjacent to an activating group) is 1. The molecule has 3 heterocycles. The van der Waals surface area contributed by atoms with E-state index >= 15 is 0 Å². The largest absolute Gasteiger partial charge is 0.382 e. The van der Waals surface area contributed by atoms with Gasteiger partial charge in [-0.2, -0.15) is 4.98 Å². The number of piperazine rings is 1. The van der Waals surface area contributed by atoms with Crippen molar-refractivity contribution in [3.8, 4) is 11.1 Å². The van der Waals surface area contributed by atoms with Crippen molar-refractivity contribution in [2.75, 3.05) is 55.7 Å². The molecule has 35 heavy (non-hydrogen) atoms. The highest BCUT2D eigenvalue weighted by molar-refractivity contribution is 7.18. The molecule has 1 fully saturated rings. The van der Waals surface area contributed by atoms with Crippen molar-refractivity contribution in [2.24, 2.45) is 0 Å². The van der Waals surface area contributed by atoms with E-state index in [1.54, 1.807) is 13.1 Å². The van der Waals surface area contributed by atoms with Gasteiger partial charge in [-0.1, -0.05) is 19.1 Å². The summed E-state index contributed by atoms with van der Waals surface area (Å²) in [6.07, 6.45) is 0. The summed E-state index contributed by atoms with van der Waals surface area (Å²) in [7, 11) is 1.62. The number of thiophene rings is 1. The number of hydrogen-bond acceptors (Lipinski definition) is 8. The summed E-state index contributed by atoms with van der Waals surface area (Å²) >= 11 is 1.50. The predicted octanol–water partition coefficient (Wildman–Crippen LogP) is 4.19. The molecule has 4 aromatic rings. The Balaban J connectivity index is 1.39. The molecule has 9 heteroatoms. The van der Waals surface area contributed by atoms with Gasteiger partial charge in [0.25, 0.3) is 5.91 Å². The Morgan fingerprint density at radius 3 is 2.57 bits per heavy atom. The first-order valence-electron chi connectivity index (χ1n) is 11.8. The molecule has 2 aromatic carbocycles. The topological polar surface area (TPSA) is 99.4 Å². The standard InChI is InChI=1S/C26H29N7OS/c1-3-32-11-13-33(14-12-32)20-9-7-19(8-10-20)29-26-30-22-21(16-35-23(22)24(27)31-26)17-5-4-6-18(15-17)25(34)28-2/h4-10,15-16H,3,11-14H2,1-2H3,(H,28,34)(H3,27,29,30,31). The molecule has 1 aliphatic heterocycles. The zero-order valence-electron chi connectivity index (χ0n) is 19.9. The summed E-state index contributed by atoms with van der Waals surface area (Å²) in [5.41, 5.74) is 11.6. The molecule has 0 unspecified atom stereocenters. The van der Waals surface area contributed by atoms with Gasteiger partial charge in [0, 0.05) is 61.1 Å². The Morgan fingerprint density at radius 2 is 1.86 bits per heavy atom. The van der Waals surface area contributed by atoms with Crippen molar-refractivity contribution in [3.63, 3.8) is 0 Å². The van der Waals surface area contributed by atoms with E-state index in [0.717, 1.165) is 59.8 Å². The molecule has 5 rings (SSSR count). The molecular weight excluding hydrogens is 458 g/mol. The Hall–Kier alpha value is -3.69. The van der Waals surface area contributed by atoms with Crippen LogP contribution in [0.15, 0.2) is 53.9 Å². The van der Waals surface area contributed by atoms with Crippen LogP contribution in [0.1, 0.15) is 17.3 Å². The molecule has 0 radical (unpaired) electrons. The van der Waals surface area contributed by atoms with Crippen LogP contribution in [0.5, 0.6) is 0 Å². The van der Waals surface area contributed by atoms with Gasteiger partial charge in [-0.15, -0.1) is 11.3 Å². The molecule has 1 saturated heterocycles. The van der Waals surface area contributed by atoms with Gasteiger partial charge in [0.15, 0.2) is 0 Å². The molecule has 0 aliphatic carbocycles. The zero-order chi connectivity index (χ0) is 24.4. The quantitative estimate of drug-likeness (QED) is 0.375. The van der Waals surface area contributed by atoms with Gasteiger partial charge in [0.05, 0.1) is 10.2 Å². The number of rotatable bonds is 6. The number of nitrogens with two attached hydrogens (primary N) is 1. The van der Waals surface area contributed by atoms with E-state index in [0.29, 0.717) is 17.3 Å². The number of carbonyl (C=O) groups excluding carboxylic acids is 1. The second-order valence-corrected chi connectivity index (χ2v) is 9.39. The molecular formula is C26H29N7OS. The zero-order valence-corrected chi connectivity index (χ0v) is 20.7. The highest BCUT2D eigenvalue weighted by Crippen LogP contribution is 2.36. The summed E-state index contributed by atoms with van der Waals surface area (Å²) < 4.78 is 0.831. The summed E-state index contributed by atoms with van der Waals surface area (Å²) in [6.45, 7) is 7.59. The van der Waals surface area contributed by atoms with Gasteiger partial charge in [0.1, 0.15) is 5.82 Å². The lowest BCUT2D eigenvalue weighted by atomic mass is 10.0. The maximum atomic E-state index is 12.1. The monoisotopic (exact) mass is 487 g/mol. The van der Waals surface area contributed by atoms with Crippen LogP contribution in [0.4, 0.5) is 23.1 Å². The Morgan fingerprint density at radius 1 is 1.09 bits per heavy atom. The minimum atomic E-state index is -0.126. The van der Waals surface area contributed by atoms with Crippen LogP contribution in [-0.2, 0) is 0 Å². The predicted molar refractivity (Wildman–Crippen MR) is 145 cm³/mol. The van der Waals surface area contributed by atoms with Crippen LogP contribution in [0.2, 0.25) is 0 Å². The molecule has 0 bridgehead atoms. The summed E-state index contributed by atoms with van der Waals surface area (Å²) in [6, 6.07) is 15.9. The maximum Gasteiger partial charge on any atom is 0.251 e. The van der Waals surface area contributed by atoms with Crippen LogP contribution in [0.3, 0.4) is 0 Å². The highest BCUT2D eigenvalue weighted by atomic mass is 32.1. The van der Waals surface area contributed by atoms with Gasteiger partial charge >= 0.3 is 0 Å². The van der Waals surface area contributed by atoms with Gasteiger partial charge < -0.3 is 26.2 Å². The molecule has 1 amide bonds. The molecule has 8 nitrogen and oxygen atoms in total. The van der Waals surface area contributed by atoms with E-state index < -0.39 is 0 Å². The second kappa shape index (κ2) is 9.89. The second-order valence-electron chi connectivity index (χ2n) is 8.51. The van der Waals surface area contributed by atoms with Gasteiger partial charge in [-0.05, 0) is 48.5 Å². The fourth-order valence-corrected chi connectivity index (χ4v) is 5.30. The lowest BCUT2D eigenvalue weighted by Gasteiger charge is -2.35. The molecule has 2 aromatic heterocycles. The first-order chi connectivity index (χ1) is 17.1. The van der Waals surface area contributed by atoms with Crippen LogP contribution in [0, 0.1) is 0 Å². The van der Waals surface area contributed by atoms with Crippen molar-refractivity contribution in [2.45, 2.75) is 6.92 Å². The van der Waals surface area contributed by atoms with Gasteiger partial charge in [-0.25, -0.2) is 4.98 Å². The normalized spacial score (nSPS) is 14.3. The van der Waals surface area contributed by atoms with Crippen LogP contribution < -0.4 is 21.3 Å². The molecule has 180 valence electrons. The maximum absolute atomic E-state index is 12.1. The van der Waals surface area contributed by atoms with Crippen LogP contribution in [0.25, 0.3) is 21.3 Å². The number of anilines is 4. The fraction of sp³-hybridized carbons (Fsp3) is 0.269. The lowest BCUT2D eigenvalue weighted by Crippen LogP contribution is -2.46. The molecule has 0 spiro atoms. The average Bonchev–Trinajstić information content (AvgIpc) is 3.33. The van der Waals surface area contributed by atoms with Crippen molar-refractivity contribution in [3.05, 3.63) is 59.5 Å². The lowest BCUT2D eigenvalue weighted by molar-refractivity contribution is 0.0963. The van der Waals surface area contributed by atoms with Gasteiger partial charge in [-0.3, -0.25) is 4.79 Å².